The number of pyridine rings is 1. The quantitative estimate of drug-likeness (QED) is 0.532. The van der Waals surface area contributed by atoms with Crippen LogP contribution >= 0.6 is 0 Å². The van der Waals surface area contributed by atoms with Crippen LogP contribution in [0.15, 0.2) is 35.5 Å². The number of carbonyl (C=O) groups is 1. The summed E-state index contributed by atoms with van der Waals surface area (Å²) < 4.78 is 34.0. The Kier molecular flexibility index (Phi) is 5.14. The molecule has 1 fully saturated rings. The van der Waals surface area contributed by atoms with Gasteiger partial charge < -0.3 is 26.2 Å². The number of aromatic nitrogens is 1. The second kappa shape index (κ2) is 7.39. The van der Waals surface area contributed by atoms with E-state index in [1.54, 1.807) is 17.9 Å². The molecule has 1 aromatic carbocycles. The highest BCUT2D eigenvalue weighted by atomic mass is 19.1. The van der Waals surface area contributed by atoms with Gasteiger partial charge in [-0.25, -0.2) is 18.6 Å². The molecule has 0 bridgehead atoms. The first kappa shape index (κ1) is 19.5. The summed E-state index contributed by atoms with van der Waals surface area (Å²) in [7, 11) is 0. The number of nitrogens with zero attached hydrogens (tertiary/aromatic N) is 3. The van der Waals surface area contributed by atoms with Gasteiger partial charge in [0.15, 0.2) is 17.6 Å². The molecule has 8 nitrogen and oxygen atoms in total. The number of guanidine groups is 1. The van der Waals surface area contributed by atoms with Crippen molar-refractivity contribution in [2.45, 2.75) is 19.1 Å². The summed E-state index contributed by atoms with van der Waals surface area (Å²) in [4.78, 5) is 20.2. The van der Waals surface area contributed by atoms with E-state index in [-0.39, 0.29) is 35.6 Å². The molecular weight excluding hydrogens is 372 g/mol. The second-order valence-electron chi connectivity index (χ2n) is 6.75. The fourth-order valence-corrected chi connectivity index (χ4v) is 2.93. The number of aliphatic imine (C=N–C) groups is 1. The van der Waals surface area contributed by atoms with Crippen molar-refractivity contribution in [1.82, 2.24) is 4.98 Å². The number of anilines is 1. The normalized spacial score (nSPS) is 14.9. The first-order chi connectivity index (χ1) is 13.2. The van der Waals surface area contributed by atoms with E-state index in [1.165, 1.54) is 24.4 Å². The number of hydrogen-bond acceptors (Lipinski definition) is 5. The van der Waals surface area contributed by atoms with Crippen LogP contribution < -0.4 is 16.4 Å². The molecule has 1 saturated heterocycles. The van der Waals surface area contributed by atoms with Crippen LogP contribution in [0, 0.1) is 11.6 Å². The highest BCUT2D eigenvalue weighted by Crippen LogP contribution is 2.31. The number of halogens is 2. The monoisotopic (exact) mass is 391 g/mol. The molecule has 0 atom stereocenters. The van der Waals surface area contributed by atoms with E-state index in [4.69, 9.17) is 16.2 Å². The Morgan fingerprint density at radius 1 is 1.39 bits per heavy atom. The van der Waals surface area contributed by atoms with Gasteiger partial charge in [0.05, 0.1) is 5.60 Å². The molecule has 0 spiro atoms. The lowest BCUT2D eigenvalue weighted by molar-refractivity contribution is 0.0301. The SMILES string of the molecule is CC1(O)CN(c2ncc(-c3cccc(COC(=O)N=C(N)N)c3F)cc2F)C1. The number of β-amino-alcohol motifs (C(OH)–C–C–N with tert-alkyl or cyclic N) is 1. The molecule has 0 saturated carbocycles. The smallest absolute Gasteiger partial charge is 0.437 e. The van der Waals surface area contributed by atoms with Gasteiger partial charge in [0, 0.05) is 36.0 Å². The molecule has 0 radical (unpaired) electrons. The van der Waals surface area contributed by atoms with E-state index < -0.39 is 35.9 Å². The zero-order chi connectivity index (χ0) is 20.5. The zero-order valence-electron chi connectivity index (χ0n) is 15.0. The largest absolute Gasteiger partial charge is 0.443 e. The number of ether oxygens (including phenoxy) is 1. The van der Waals surface area contributed by atoms with Crippen LogP contribution in [0.3, 0.4) is 0 Å². The molecule has 1 amide bonds. The molecule has 148 valence electrons. The van der Waals surface area contributed by atoms with Crippen LogP contribution in [0.1, 0.15) is 12.5 Å². The standard InChI is InChI=1S/C18H19F2N5O3/c1-18(27)8-25(9-18)15-13(19)5-11(6-23-15)12-4-2-3-10(14(12)20)7-28-17(26)24-16(21)22/h2-6,27H,7-9H2,1H3,(H4,21,22,24,26). The van der Waals surface area contributed by atoms with Crippen molar-refractivity contribution in [3.8, 4) is 11.1 Å². The van der Waals surface area contributed by atoms with E-state index in [0.29, 0.717) is 0 Å². The summed E-state index contributed by atoms with van der Waals surface area (Å²) in [5.41, 5.74) is 9.65. The fourth-order valence-electron chi connectivity index (χ4n) is 2.93. The Morgan fingerprint density at radius 2 is 2.11 bits per heavy atom. The van der Waals surface area contributed by atoms with Crippen molar-refractivity contribution in [2.24, 2.45) is 16.5 Å². The molecule has 3 rings (SSSR count). The summed E-state index contributed by atoms with van der Waals surface area (Å²) in [5.74, 6) is -1.68. The topological polar surface area (TPSA) is 127 Å². The van der Waals surface area contributed by atoms with Gasteiger partial charge in [0.2, 0.25) is 0 Å². The third-order valence-electron chi connectivity index (χ3n) is 4.15. The molecule has 10 heteroatoms. The number of rotatable bonds is 4. The van der Waals surface area contributed by atoms with Crippen molar-refractivity contribution in [3.63, 3.8) is 0 Å². The lowest BCUT2D eigenvalue weighted by atomic mass is 9.97. The first-order valence-corrected chi connectivity index (χ1v) is 8.33. The number of carbonyl (C=O) groups excluding carboxylic acids is 1. The Morgan fingerprint density at radius 3 is 2.71 bits per heavy atom. The molecule has 0 aliphatic carbocycles. The van der Waals surface area contributed by atoms with Crippen molar-refractivity contribution in [1.29, 1.82) is 0 Å². The molecule has 1 aromatic heterocycles. The van der Waals surface area contributed by atoms with E-state index >= 15 is 0 Å². The summed E-state index contributed by atoms with van der Waals surface area (Å²) >= 11 is 0. The molecule has 2 heterocycles. The first-order valence-electron chi connectivity index (χ1n) is 8.33. The van der Waals surface area contributed by atoms with Crippen LogP contribution in [0.4, 0.5) is 19.4 Å². The minimum atomic E-state index is -1.05. The number of hydrogen-bond donors (Lipinski definition) is 3. The fraction of sp³-hybridized carbons (Fsp3) is 0.278. The van der Waals surface area contributed by atoms with E-state index in [0.717, 1.165) is 0 Å². The summed E-state index contributed by atoms with van der Waals surface area (Å²) in [5, 5.41) is 9.77. The molecule has 5 N–H and O–H groups in total. The van der Waals surface area contributed by atoms with Crippen molar-refractivity contribution in [3.05, 3.63) is 47.7 Å². The van der Waals surface area contributed by atoms with Gasteiger partial charge in [0.25, 0.3) is 0 Å². The van der Waals surface area contributed by atoms with E-state index in [1.807, 2.05) is 0 Å². The maximum Gasteiger partial charge on any atom is 0.437 e. The van der Waals surface area contributed by atoms with Crippen LogP contribution in [0.2, 0.25) is 0 Å². The second-order valence-corrected chi connectivity index (χ2v) is 6.75. The third-order valence-corrected chi connectivity index (χ3v) is 4.15. The highest BCUT2D eigenvalue weighted by molar-refractivity contribution is 5.87. The van der Waals surface area contributed by atoms with Crippen LogP contribution in [-0.4, -0.2) is 40.8 Å². The Labute approximate surface area is 159 Å². The van der Waals surface area contributed by atoms with E-state index in [9.17, 15) is 18.7 Å². The van der Waals surface area contributed by atoms with Crippen LogP contribution in [0.5, 0.6) is 0 Å². The lowest BCUT2D eigenvalue weighted by Crippen LogP contribution is -2.60. The number of aliphatic hydroxyl groups is 1. The minimum absolute atomic E-state index is 0.0694. The van der Waals surface area contributed by atoms with Gasteiger partial charge >= 0.3 is 6.09 Å². The average molecular weight is 391 g/mol. The Balaban J connectivity index is 1.79. The van der Waals surface area contributed by atoms with Crippen molar-refractivity contribution in [2.75, 3.05) is 18.0 Å². The zero-order valence-corrected chi connectivity index (χ0v) is 15.0. The van der Waals surface area contributed by atoms with Gasteiger partial charge in [-0.1, -0.05) is 18.2 Å². The van der Waals surface area contributed by atoms with Gasteiger partial charge in [-0.2, -0.15) is 0 Å². The molecule has 2 aromatic rings. The molecular formula is C18H19F2N5O3. The maximum absolute atomic E-state index is 14.8. The predicted molar refractivity (Wildman–Crippen MR) is 98.4 cm³/mol. The van der Waals surface area contributed by atoms with Crippen LogP contribution in [0.25, 0.3) is 11.1 Å². The van der Waals surface area contributed by atoms with Gasteiger partial charge in [0.1, 0.15) is 12.4 Å². The predicted octanol–water partition coefficient (Wildman–Crippen LogP) is 1.51. The minimum Gasteiger partial charge on any atom is -0.443 e. The molecule has 1 aliphatic rings. The summed E-state index contributed by atoms with van der Waals surface area (Å²) in [6.45, 7) is 1.78. The van der Waals surface area contributed by atoms with E-state index in [2.05, 4.69) is 9.98 Å². The molecule has 28 heavy (non-hydrogen) atoms. The Bertz CT molecular complexity index is 937. The lowest BCUT2D eigenvalue weighted by Gasteiger charge is -2.44. The van der Waals surface area contributed by atoms with Gasteiger partial charge in [-0.05, 0) is 13.0 Å². The van der Waals surface area contributed by atoms with Gasteiger partial charge in [-0.15, -0.1) is 4.99 Å². The number of amides is 1. The molecule has 0 unspecified atom stereocenters. The third kappa shape index (κ3) is 4.17. The summed E-state index contributed by atoms with van der Waals surface area (Å²) in [6, 6.07) is 5.59. The number of benzene rings is 1. The number of nitrogens with two attached hydrogens (primary N) is 2. The van der Waals surface area contributed by atoms with Gasteiger partial charge in [-0.3, -0.25) is 0 Å². The molecule has 1 aliphatic heterocycles. The van der Waals surface area contributed by atoms with Crippen molar-refractivity contribution >= 4 is 17.9 Å². The average Bonchev–Trinajstić information content (AvgIpc) is 2.58. The Hall–Kier alpha value is -3.27. The highest BCUT2D eigenvalue weighted by Gasteiger charge is 2.38. The maximum atomic E-state index is 14.8. The van der Waals surface area contributed by atoms with Crippen molar-refractivity contribution < 1.29 is 23.4 Å². The van der Waals surface area contributed by atoms with Crippen LogP contribution in [-0.2, 0) is 11.3 Å². The summed E-state index contributed by atoms with van der Waals surface area (Å²) in [6.07, 6.45) is 0.297.